The van der Waals surface area contributed by atoms with Crippen LogP contribution < -0.4 is 13.8 Å². The predicted octanol–water partition coefficient (Wildman–Crippen LogP) is 8.73. The first-order valence-corrected chi connectivity index (χ1v) is 20.8. The van der Waals surface area contributed by atoms with Crippen molar-refractivity contribution >= 4 is 48.8 Å². The number of Topliss-reactive ketones (excluding diaryl/α,β-unsaturated/α-hetero) is 1. The minimum atomic E-state index is -3.83. The summed E-state index contributed by atoms with van der Waals surface area (Å²) < 4.78 is 41.6. The van der Waals surface area contributed by atoms with Crippen LogP contribution in [0.15, 0.2) is 127 Å². The van der Waals surface area contributed by atoms with Crippen LogP contribution >= 0.6 is 11.3 Å². The van der Waals surface area contributed by atoms with E-state index in [0.29, 0.717) is 11.3 Å². The van der Waals surface area contributed by atoms with Gasteiger partial charge in [0.2, 0.25) is 10.0 Å². The lowest BCUT2D eigenvalue weighted by Gasteiger charge is -2.26. The van der Waals surface area contributed by atoms with Crippen LogP contribution in [0.3, 0.4) is 0 Å². The number of aryl methyl sites for hydroxylation is 2. The normalized spacial score (nSPS) is 12.5. The van der Waals surface area contributed by atoms with E-state index in [4.69, 9.17) is 9.47 Å². The minimum Gasteiger partial charge on any atom is -0.490 e. The van der Waals surface area contributed by atoms with Crippen molar-refractivity contribution in [2.75, 3.05) is 30.3 Å². The van der Waals surface area contributed by atoms with E-state index in [0.717, 1.165) is 40.7 Å². The highest BCUT2D eigenvalue weighted by Gasteiger charge is 2.26. The number of anilines is 1. The zero-order valence-corrected chi connectivity index (χ0v) is 31.8. The number of thiophene rings is 1. The van der Waals surface area contributed by atoms with E-state index in [9.17, 15) is 18.0 Å². The molecule has 54 heavy (non-hydrogen) atoms. The Labute approximate surface area is 320 Å². The molecule has 8 nitrogen and oxygen atoms in total. The van der Waals surface area contributed by atoms with Gasteiger partial charge in [0.15, 0.2) is 5.78 Å². The van der Waals surface area contributed by atoms with Crippen LogP contribution in [0.1, 0.15) is 55.1 Å². The van der Waals surface area contributed by atoms with Crippen LogP contribution in [0.25, 0.3) is 10.1 Å². The zero-order chi connectivity index (χ0) is 37.5. The maximum Gasteiger partial charge on any atom is 0.254 e. The standard InChI is InChI=1S/C44H42N2O6S2/c1-54(49,50)46(29-32-14-5-2-6-15-32)38-28-35(24-25-40(38)52-31-33-16-7-3-8-17-33)39(47)30-45(44(48)34-18-9-4-10-19-34)26-27-51-41-22-13-21-37-36-20-11-12-23-42(36)53-43(37)41/h2-10,13-19,21-22,24-25,28H,11-12,20,23,26-27,29-31H2,1H3. The van der Waals surface area contributed by atoms with Crippen molar-refractivity contribution in [3.63, 3.8) is 0 Å². The summed E-state index contributed by atoms with van der Waals surface area (Å²) in [6.45, 7) is 0.343. The van der Waals surface area contributed by atoms with Gasteiger partial charge in [-0.05, 0) is 84.2 Å². The number of rotatable bonds is 15. The lowest BCUT2D eigenvalue weighted by molar-refractivity contribution is 0.0686. The number of carbonyl (C=O) groups excluding carboxylic acids is 2. The summed E-state index contributed by atoms with van der Waals surface area (Å²) in [6.07, 6.45) is 5.70. The van der Waals surface area contributed by atoms with E-state index < -0.39 is 10.0 Å². The number of sulfonamides is 1. The first kappa shape index (κ1) is 36.9. The smallest absolute Gasteiger partial charge is 0.254 e. The first-order valence-electron chi connectivity index (χ1n) is 18.1. The van der Waals surface area contributed by atoms with Crippen molar-refractivity contribution in [1.82, 2.24) is 4.90 Å². The third kappa shape index (κ3) is 8.67. The molecule has 1 aliphatic carbocycles. The summed E-state index contributed by atoms with van der Waals surface area (Å²) in [5, 5.41) is 1.24. The maximum atomic E-state index is 14.1. The van der Waals surface area contributed by atoms with Crippen molar-refractivity contribution in [3.8, 4) is 11.5 Å². The Morgan fingerprint density at radius 1 is 0.722 bits per heavy atom. The summed E-state index contributed by atoms with van der Waals surface area (Å²) in [6, 6.07) is 38.6. The van der Waals surface area contributed by atoms with E-state index in [1.165, 1.54) is 37.9 Å². The van der Waals surface area contributed by atoms with Gasteiger partial charge in [-0.1, -0.05) is 91.0 Å². The second-order valence-corrected chi connectivity index (χ2v) is 16.4. The quantitative estimate of drug-likeness (QED) is 0.0974. The second-order valence-electron chi connectivity index (χ2n) is 13.4. The highest BCUT2D eigenvalue weighted by Crippen LogP contribution is 2.41. The molecule has 7 rings (SSSR count). The van der Waals surface area contributed by atoms with Gasteiger partial charge >= 0.3 is 0 Å². The van der Waals surface area contributed by atoms with Crippen LogP contribution in [-0.4, -0.2) is 51.0 Å². The lowest BCUT2D eigenvalue weighted by atomic mass is 9.96. The lowest BCUT2D eigenvalue weighted by Crippen LogP contribution is -2.38. The average Bonchev–Trinajstić information content (AvgIpc) is 3.59. The van der Waals surface area contributed by atoms with Crippen molar-refractivity contribution in [1.29, 1.82) is 0 Å². The molecule has 0 N–H and O–H groups in total. The zero-order valence-electron chi connectivity index (χ0n) is 30.1. The predicted molar refractivity (Wildman–Crippen MR) is 215 cm³/mol. The molecule has 1 aromatic heterocycles. The summed E-state index contributed by atoms with van der Waals surface area (Å²) in [5.74, 6) is 0.436. The number of hydrogen-bond donors (Lipinski definition) is 0. The fourth-order valence-electron chi connectivity index (χ4n) is 6.79. The Morgan fingerprint density at radius 3 is 2.13 bits per heavy atom. The summed E-state index contributed by atoms with van der Waals surface area (Å²) in [4.78, 5) is 31.0. The van der Waals surface area contributed by atoms with Gasteiger partial charge in [0.25, 0.3) is 5.91 Å². The molecule has 0 unspecified atom stereocenters. The Bertz CT molecular complexity index is 2350. The van der Waals surface area contributed by atoms with Crippen molar-refractivity contribution < 1.29 is 27.5 Å². The number of nitrogens with zero attached hydrogens (tertiary/aromatic N) is 2. The molecule has 1 amide bonds. The SMILES string of the molecule is CS(=O)(=O)N(Cc1ccccc1)c1cc(C(=O)CN(CCOc2cccc3c4c(sc23)CCCC4)C(=O)c2ccccc2)ccc1OCc1ccccc1. The summed E-state index contributed by atoms with van der Waals surface area (Å²) >= 11 is 1.79. The molecule has 1 heterocycles. The van der Waals surface area contributed by atoms with Gasteiger partial charge < -0.3 is 14.4 Å². The highest BCUT2D eigenvalue weighted by atomic mass is 32.2. The monoisotopic (exact) mass is 758 g/mol. The van der Waals surface area contributed by atoms with E-state index in [-0.39, 0.29) is 55.8 Å². The molecule has 5 aromatic carbocycles. The molecule has 0 fully saturated rings. The third-order valence-electron chi connectivity index (χ3n) is 9.56. The van der Waals surface area contributed by atoms with Gasteiger partial charge in [-0.3, -0.25) is 13.9 Å². The Hall–Kier alpha value is -5.45. The number of benzene rings is 5. The van der Waals surface area contributed by atoms with Crippen LogP contribution in [0, 0.1) is 0 Å². The number of ether oxygens (including phenoxy) is 2. The van der Waals surface area contributed by atoms with Crippen molar-refractivity contribution in [3.05, 3.63) is 160 Å². The molecule has 0 atom stereocenters. The molecule has 0 saturated carbocycles. The molecule has 6 aromatic rings. The van der Waals surface area contributed by atoms with Crippen molar-refractivity contribution in [2.24, 2.45) is 0 Å². The average molecular weight is 759 g/mol. The molecule has 0 saturated heterocycles. The third-order valence-corrected chi connectivity index (χ3v) is 12.0. The molecule has 0 spiro atoms. The van der Waals surface area contributed by atoms with E-state index >= 15 is 0 Å². The maximum absolute atomic E-state index is 14.1. The molecule has 0 aliphatic heterocycles. The van der Waals surface area contributed by atoms with E-state index in [1.807, 2.05) is 78.9 Å². The van der Waals surface area contributed by atoms with Gasteiger partial charge in [-0.25, -0.2) is 8.42 Å². The summed E-state index contributed by atoms with van der Waals surface area (Å²) in [5.41, 5.74) is 4.04. The molecule has 0 bridgehead atoms. The Morgan fingerprint density at radius 2 is 1.41 bits per heavy atom. The highest BCUT2D eigenvalue weighted by molar-refractivity contribution is 7.92. The number of ketones is 1. The molecule has 0 radical (unpaired) electrons. The molecule has 1 aliphatic rings. The molecular formula is C44H42N2O6S2. The molecule has 10 heteroatoms. The largest absolute Gasteiger partial charge is 0.490 e. The number of hydrogen-bond acceptors (Lipinski definition) is 7. The van der Waals surface area contributed by atoms with Gasteiger partial charge in [0.1, 0.15) is 24.7 Å². The van der Waals surface area contributed by atoms with E-state index in [1.54, 1.807) is 53.8 Å². The number of carbonyl (C=O) groups is 2. The molecular weight excluding hydrogens is 717 g/mol. The Kier molecular flexibility index (Phi) is 11.4. The van der Waals surface area contributed by atoms with Crippen LogP contribution in [0.4, 0.5) is 5.69 Å². The topological polar surface area (TPSA) is 93.2 Å². The van der Waals surface area contributed by atoms with Gasteiger partial charge in [0.05, 0.1) is 36.3 Å². The summed E-state index contributed by atoms with van der Waals surface area (Å²) in [7, 11) is -3.83. The van der Waals surface area contributed by atoms with Crippen LogP contribution in [-0.2, 0) is 36.0 Å². The van der Waals surface area contributed by atoms with Crippen LogP contribution in [0.2, 0.25) is 0 Å². The first-order chi connectivity index (χ1) is 26.2. The fraction of sp³-hybridized carbons (Fsp3) is 0.227. The van der Waals surface area contributed by atoms with Gasteiger partial charge in [-0.2, -0.15) is 0 Å². The van der Waals surface area contributed by atoms with E-state index in [2.05, 4.69) is 6.07 Å². The fourth-order valence-corrected chi connectivity index (χ4v) is 9.03. The van der Waals surface area contributed by atoms with Crippen LogP contribution in [0.5, 0.6) is 11.5 Å². The van der Waals surface area contributed by atoms with Gasteiger partial charge in [0, 0.05) is 16.0 Å². The van der Waals surface area contributed by atoms with Crippen molar-refractivity contribution in [2.45, 2.75) is 38.8 Å². The minimum absolute atomic E-state index is 0.0367. The van der Waals surface area contributed by atoms with Gasteiger partial charge in [-0.15, -0.1) is 11.3 Å². The Balaban J connectivity index is 1.16. The second kappa shape index (κ2) is 16.7. The molecule has 276 valence electrons. The number of amides is 1. The number of fused-ring (bicyclic) bond motifs is 3.